The van der Waals surface area contributed by atoms with Gasteiger partial charge in [-0.2, -0.15) is 4.39 Å². The Bertz CT molecular complexity index is 391. The first-order valence-corrected chi connectivity index (χ1v) is 3.51. The standard InChI is InChI=1S/C7H4F4N2O2/c8-5-4(15-7(9,10)11)2-1-3(13-5)6(12)14/h1-2H,(H2,12,14). The van der Waals surface area contributed by atoms with Gasteiger partial charge in [-0.15, -0.1) is 13.2 Å². The highest BCUT2D eigenvalue weighted by molar-refractivity contribution is 5.90. The Balaban J connectivity index is 2.99. The van der Waals surface area contributed by atoms with Crippen LogP contribution >= 0.6 is 0 Å². The number of pyridine rings is 1. The van der Waals surface area contributed by atoms with Crippen LogP contribution in [-0.4, -0.2) is 17.3 Å². The number of nitrogens with two attached hydrogens (primary N) is 1. The summed E-state index contributed by atoms with van der Waals surface area (Å²) in [6.07, 6.45) is -5.02. The zero-order chi connectivity index (χ0) is 11.6. The molecule has 1 rings (SSSR count). The van der Waals surface area contributed by atoms with E-state index in [0.29, 0.717) is 6.07 Å². The van der Waals surface area contributed by atoms with Gasteiger partial charge in [0, 0.05) is 0 Å². The number of rotatable bonds is 2. The van der Waals surface area contributed by atoms with Gasteiger partial charge < -0.3 is 10.5 Å². The summed E-state index contributed by atoms with van der Waals surface area (Å²) < 4.78 is 51.1. The van der Waals surface area contributed by atoms with E-state index in [4.69, 9.17) is 5.73 Å². The van der Waals surface area contributed by atoms with Crippen molar-refractivity contribution in [2.75, 3.05) is 0 Å². The Morgan fingerprint density at radius 1 is 1.40 bits per heavy atom. The van der Waals surface area contributed by atoms with E-state index in [-0.39, 0.29) is 0 Å². The Labute approximate surface area is 80.7 Å². The molecule has 0 saturated carbocycles. The van der Waals surface area contributed by atoms with Gasteiger partial charge in [0.2, 0.25) is 0 Å². The van der Waals surface area contributed by atoms with Crippen molar-refractivity contribution in [1.82, 2.24) is 4.98 Å². The van der Waals surface area contributed by atoms with Crippen LogP contribution in [0.25, 0.3) is 0 Å². The number of aromatic nitrogens is 1. The van der Waals surface area contributed by atoms with Crippen LogP contribution in [0.2, 0.25) is 0 Å². The van der Waals surface area contributed by atoms with E-state index >= 15 is 0 Å². The van der Waals surface area contributed by atoms with E-state index in [1.165, 1.54) is 0 Å². The zero-order valence-corrected chi connectivity index (χ0v) is 7.01. The summed E-state index contributed by atoms with van der Waals surface area (Å²) in [7, 11) is 0. The van der Waals surface area contributed by atoms with Crippen molar-refractivity contribution < 1.29 is 27.1 Å². The van der Waals surface area contributed by atoms with Gasteiger partial charge in [-0.05, 0) is 12.1 Å². The van der Waals surface area contributed by atoms with Gasteiger partial charge in [-0.1, -0.05) is 0 Å². The molecule has 8 heteroatoms. The number of hydrogen-bond donors (Lipinski definition) is 1. The monoisotopic (exact) mass is 224 g/mol. The molecule has 0 radical (unpaired) electrons. The molecule has 1 aromatic rings. The molecular formula is C7H4F4N2O2. The SMILES string of the molecule is NC(=O)c1ccc(OC(F)(F)F)c(F)n1. The Kier molecular flexibility index (Phi) is 2.78. The molecule has 0 saturated heterocycles. The van der Waals surface area contributed by atoms with Gasteiger partial charge in [0.05, 0.1) is 0 Å². The van der Waals surface area contributed by atoms with Crippen LogP contribution in [0.4, 0.5) is 17.6 Å². The predicted octanol–water partition coefficient (Wildman–Crippen LogP) is 1.22. The molecule has 2 N–H and O–H groups in total. The second-order valence-corrected chi connectivity index (χ2v) is 2.40. The lowest BCUT2D eigenvalue weighted by molar-refractivity contribution is -0.275. The third kappa shape index (κ3) is 3.08. The number of nitrogens with zero attached hydrogens (tertiary/aromatic N) is 1. The number of amides is 1. The molecule has 1 aromatic heterocycles. The highest BCUT2D eigenvalue weighted by Gasteiger charge is 2.32. The summed E-state index contributed by atoms with van der Waals surface area (Å²) >= 11 is 0. The third-order valence-corrected chi connectivity index (χ3v) is 1.29. The molecule has 0 atom stereocenters. The summed E-state index contributed by atoms with van der Waals surface area (Å²) in [4.78, 5) is 13.4. The van der Waals surface area contributed by atoms with Crippen molar-refractivity contribution >= 4 is 5.91 Å². The summed E-state index contributed by atoms with van der Waals surface area (Å²) in [5.41, 5.74) is 4.24. The van der Waals surface area contributed by atoms with Crippen molar-refractivity contribution in [3.8, 4) is 5.75 Å². The van der Waals surface area contributed by atoms with Crippen LogP contribution in [-0.2, 0) is 0 Å². The fourth-order valence-corrected chi connectivity index (χ4v) is 0.760. The summed E-state index contributed by atoms with van der Waals surface area (Å²) in [5, 5.41) is 0. The number of carbonyl (C=O) groups excluding carboxylic acids is 1. The normalized spacial score (nSPS) is 11.2. The molecule has 0 aromatic carbocycles. The second kappa shape index (κ2) is 3.71. The number of halogens is 4. The maximum Gasteiger partial charge on any atom is 0.573 e. The Hall–Kier alpha value is -1.86. The van der Waals surface area contributed by atoms with E-state index in [0.717, 1.165) is 6.07 Å². The van der Waals surface area contributed by atoms with E-state index in [2.05, 4.69) is 9.72 Å². The molecule has 82 valence electrons. The summed E-state index contributed by atoms with van der Waals surface area (Å²) in [6, 6.07) is 1.45. The van der Waals surface area contributed by atoms with Crippen LogP contribution < -0.4 is 10.5 Å². The lowest BCUT2D eigenvalue weighted by atomic mass is 10.3. The lowest BCUT2D eigenvalue weighted by Gasteiger charge is -2.08. The van der Waals surface area contributed by atoms with Crippen molar-refractivity contribution in [1.29, 1.82) is 0 Å². The largest absolute Gasteiger partial charge is 0.573 e. The average molecular weight is 224 g/mol. The quantitative estimate of drug-likeness (QED) is 0.606. The first-order valence-electron chi connectivity index (χ1n) is 3.51. The zero-order valence-electron chi connectivity index (χ0n) is 7.01. The minimum absolute atomic E-state index is 0.484. The topological polar surface area (TPSA) is 65.2 Å². The fourth-order valence-electron chi connectivity index (χ4n) is 0.760. The molecule has 15 heavy (non-hydrogen) atoms. The average Bonchev–Trinajstić information content (AvgIpc) is 2.05. The minimum atomic E-state index is -5.02. The molecule has 4 nitrogen and oxygen atoms in total. The first kappa shape index (κ1) is 11.2. The Morgan fingerprint density at radius 2 is 2.00 bits per heavy atom. The molecule has 0 aliphatic heterocycles. The number of ether oxygens (including phenoxy) is 1. The number of hydrogen-bond acceptors (Lipinski definition) is 3. The minimum Gasteiger partial charge on any atom is -0.401 e. The highest BCUT2D eigenvalue weighted by atomic mass is 19.4. The fraction of sp³-hybridized carbons (Fsp3) is 0.143. The van der Waals surface area contributed by atoms with Gasteiger partial charge in [-0.25, -0.2) is 4.98 Å². The second-order valence-electron chi connectivity index (χ2n) is 2.40. The van der Waals surface area contributed by atoms with Gasteiger partial charge in [0.15, 0.2) is 5.75 Å². The molecule has 0 aliphatic carbocycles. The molecular weight excluding hydrogens is 220 g/mol. The van der Waals surface area contributed by atoms with Crippen molar-refractivity contribution in [3.63, 3.8) is 0 Å². The van der Waals surface area contributed by atoms with Crippen molar-refractivity contribution in [2.45, 2.75) is 6.36 Å². The molecule has 0 fully saturated rings. The van der Waals surface area contributed by atoms with Crippen molar-refractivity contribution in [3.05, 3.63) is 23.8 Å². The van der Waals surface area contributed by atoms with Gasteiger partial charge >= 0.3 is 6.36 Å². The highest BCUT2D eigenvalue weighted by Crippen LogP contribution is 2.24. The number of alkyl halides is 3. The van der Waals surface area contributed by atoms with E-state index in [1.807, 2.05) is 0 Å². The van der Waals surface area contributed by atoms with Crippen LogP contribution in [0.3, 0.4) is 0 Å². The van der Waals surface area contributed by atoms with Crippen LogP contribution in [0.1, 0.15) is 10.5 Å². The van der Waals surface area contributed by atoms with Gasteiger partial charge in [-0.3, -0.25) is 4.79 Å². The Morgan fingerprint density at radius 3 is 2.40 bits per heavy atom. The van der Waals surface area contributed by atoms with Crippen molar-refractivity contribution in [2.24, 2.45) is 5.73 Å². The smallest absolute Gasteiger partial charge is 0.401 e. The van der Waals surface area contributed by atoms with Gasteiger partial charge in [0.1, 0.15) is 5.69 Å². The first-order chi connectivity index (χ1) is 6.79. The maximum absolute atomic E-state index is 12.8. The lowest BCUT2D eigenvalue weighted by Crippen LogP contribution is -2.19. The predicted molar refractivity (Wildman–Crippen MR) is 39.4 cm³/mol. The number of primary amides is 1. The van der Waals surface area contributed by atoms with E-state index < -0.39 is 29.7 Å². The molecule has 0 unspecified atom stereocenters. The molecule has 1 heterocycles. The van der Waals surface area contributed by atoms with E-state index in [1.54, 1.807) is 0 Å². The maximum atomic E-state index is 12.8. The summed E-state index contributed by atoms with van der Waals surface area (Å²) in [6.45, 7) is 0. The van der Waals surface area contributed by atoms with Crippen LogP contribution in [0, 0.1) is 5.95 Å². The molecule has 1 amide bonds. The third-order valence-electron chi connectivity index (χ3n) is 1.29. The summed E-state index contributed by atoms with van der Waals surface area (Å²) in [5.74, 6) is -3.72. The van der Waals surface area contributed by atoms with E-state index in [9.17, 15) is 22.4 Å². The van der Waals surface area contributed by atoms with Gasteiger partial charge in [0.25, 0.3) is 11.9 Å². The molecule has 0 aliphatic rings. The molecule has 0 spiro atoms. The molecule has 0 bridgehead atoms. The number of carbonyl (C=O) groups is 1. The van der Waals surface area contributed by atoms with Crippen LogP contribution in [0.15, 0.2) is 12.1 Å². The van der Waals surface area contributed by atoms with Crippen LogP contribution in [0.5, 0.6) is 5.75 Å².